The van der Waals surface area contributed by atoms with Gasteiger partial charge in [0.1, 0.15) is 10.7 Å². The number of alkyl halides is 1. The number of rotatable bonds is 9. The second-order valence-electron chi connectivity index (χ2n) is 6.39. The third kappa shape index (κ3) is 5.64. The SMILES string of the molecule is CCN(CCI)CC(=O)Nc1cccc(-c2nc(-c3c[nH]c(C(N)=O)c3)cs2)c1. The number of hydrogen-bond donors (Lipinski definition) is 3. The van der Waals surface area contributed by atoms with Gasteiger partial charge in [0.25, 0.3) is 5.91 Å². The summed E-state index contributed by atoms with van der Waals surface area (Å²) in [6.07, 6.45) is 1.71. The second-order valence-corrected chi connectivity index (χ2v) is 8.33. The fourth-order valence-corrected chi connectivity index (χ4v) is 4.33. The van der Waals surface area contributed by atoms with E-state index in [4.69, 9.17) is 5.73 Å². The first kappa shape index (κ1) is 21.5. The van der Waals surface area contributed by atoms with Crippen molar-refractivity contribution in [1.29, 1.82) is 0 Å². The average molecular weight is 523 g/mol. The molecule has 2 amide bonds. The highest BCUT2D eigenvalue weighted by Crippen LogP contribution is 2.30. The minimum absolute atomic E-state index is 0.0278. The van der Waals surface area contributed by atoms with Crippen molar-refractivity contribution in [3.63, 3.8) is 0 Å². The average Bonchev–Trinajstić information content (AvgIpc) is 3.37. The third-order valence-electron chi connectivity index (χ3n) is 4.36. The molecule has 3 aromatic rings. The van der Waals surface area contributed by atoms with Crippen LogP contribution < -0.4 is 11.1 Å². The van der Waals surface area contributed by atoms with Crippen molar-refractivity contribution in [1.82, 2.24) is 14.9 Å². The van der Waals surface area contributed by atoms with Gasteiger partial charge in [0.05, 0.1) is 12.2 Å². The van der Waals surface area contributed by atoms with E-state index in [-0.39, 0.29) is 5.91 Å². The summed E-state index contributed by atoms with van der Waals surface area (Å²) >= 11 is 3.81. The zero-order valence-corrected chi connectivity index (χ0v) is 18.9. The minimum Gasteiger partial charge on any atom is -0.364 e. The predicted octanol–water partition coefficient (Wildman–Crippen LogP) is 3.60. The number of H-pyrrole nitrogens is 1. The Kier molecular flexibility index (Phi) is 7.40. The molecule has 4 N–H and O–H groups in total. The molecular weight excluding hydrogens is 501 g/mol. The Balaban J connectivity index is 1.72. The number of carbonyl (C=O) groups is 2. The summed E-state index contributed by atoms with van der Waals surface area (Å²) in [5, 5.41) is 5.73. The number of aromatic amines is 1. The molecule has 2 heterocycles. The summed E-state index contributed by atoms with van der Waals surface area (Å²) in [7, 11) is 0. The molecule has 0 saturated heterocycles. The van der Waals surface area contributed by atoms with E-state index in [0.29, 0.717) is 12.2 Å². The Morgan fingerprint density at radius 2 is 2.14 bits per heavy atom. The molecule has 0 spiro atoms. The van der Waals surface area contributed by atoms with Gasteiger partial charge in [-0.1, -0.05) is 41.6 Å². The lowest BCUT2D eigenvalue weighted by Crippen LogP contribution is -2.34. The number of halogens is 1. The topological polar surface area (TPSA) is 104 Å². The molecule has 0 fully saturated rings. The molecule has 3 rings (SSSR count). The summed E-state index contributed by atoms with van der Waals surface area (Å²) in [4.78, 5) is 33.2. The van der Waals surface area contributed by atoms with Gasteiger partial charge in [-0.2, -0.15) is 0 Å². The second kappa shape index (κ2) is 9.99. The van der Waals surface area contributed by atoms with E-state index in [1.54, 1.807) is 12.3 Å². The van der Waals surface area contributed by atoms with Crippen molar-refractivity contribution in [3.8, 4) is 21.8 Å². The number of nitrogens with two attached hydrogens (primary N) is 1. The van der Waals surface area contributed by atoms with E-state index < -0.39 is 5.91 Å². The lowest BCUT2D eigenvalue weighted by Gasteiger charge is -2.18. The van der Waals surface area contributed by atoms with E-state index in [1.807, 2.05) is 29.6 Å². The van der Waals surface area contributed by atoms with Crippen LogP contribution in [0, 0.1) is 0 Å². The maximum atomic E-state index is 12.3. The highest BCUT2D eigenvalue weighted by atomic mass is 127. The van der Waals surface area contributed by atoms with Gasteiger partial charge in [-0.15, -0.1) is 11.3 Å². The smallest absolute Gasteiger partial charge is 0.265 e. The van der Waals surface area contributed by atoms with Gasteiger partial charge in [-0.3, -0.25) is 14.5 Å². The molecule has 2 aromatic heterocycles. The number of carbonyl (C=O) groups excluding carboxylic acids is 2. The Bertz CT molecular complexity index is 1000. The lowest BCUT2D eigenvalue weighted by atomic mass is 10.2. The van der Waals surface area contributed by atoms with Crippen LogP contribution in [0.1, 0.15) is 17.4 Å². The van der Waals surface area contributed by atoms with Crippen molar-refractivity contribution in [2.75, 3.05) is 29.4 Å². The number of hydrogen-bond acceptors (Lipinski definition) is 5. The maximum Gasteiger partial charge on any atom is 0.265 e. The van der Waals surface area contributed by atoms with Crippen molar-refractivity contribution >= 4 is 51.4 Å². The number of benzene rings is 1. The number of nitrogens with one attached hydrogen (secondary N) is 2. The van der Waals surface area contributed by atoms with Crippen molar-refractivity contribution in [2.45, 2.75) is 6.92 Å². The summed E-state index contributed by atoms with van der Waals surface area (Å²) in [5.41, 5.74) is 8.87. The molecule has 0 radical (unpaired) electrons. The number of aromatic nitrogens is 2. The highest BCUT2D eigenvalue weighted by molar-refractivity contribution is 14.1. The lowest BCUT2D eigenvalue weighted by molar-refractivity contribution is -0.117. The molecule has 0 saturated carbocycles. The zero-order chi connectivity index (χ0) is 20.8. The van der Waals surface area contributed by atoms with Crippen molar-refractivity contribution < 1.29 is 9.59 Å². The van der Waals surface area contributed by atoms with Crippen LogP contribution in [0.4, 0.5) is 5.69 Å². The van der Waals surface area contributed by atoms with Gasteiger partial charge in [-0.25, -0.2) is 4.98 Å². The van der Waals surface area contributed by atoms with Crippen LogP contribution in [0.25, 0.3) is 21.8 Å². The fourth-order valence-electron chi connectivity index (χ4n) is 2.83. The third-order valence-corrected chi connectivity index (χ3v) is 5.73. The number of thiazole rings is 1. The molecule has 0 aliphatic rings. The number of amides is 2. The Hall–Kier alpha value is -2.24. The Labute approximate surface area is 186 Å². The summed E-state index contributed by atoms with van der Waals surface area (Å²) in [6, 6.07) is 9.33. The minimum atomic E-state index is -0.504. The number of likely N-dealkylation sites (N-methyl/N-ethyl adjacent to an activating group) is 1. The van der Waals surface area contributed by atoms with Crippen LogP contribution in [-0.4, -0.2) is 50.7 Å². The Morgan fingerprint density at radius 1 is 1.31 bits per heavy atom. The number of anilines is 1. The van der Waals surface area contributed by atoms with Crippen molar-refractivity contribution in [2.24, 2.45) is 5.73 Å². The fraction of sp³-hybridized carbons (Fsp3) is 0.250. The standard InChI is InChI=1S/C20H22IN5O2S/c1-2-26(7-6-21)11-18(27)24-15-5-3-4-13(8-15)20-25-17(12-29-20)14-9-16(19(22)28)23-10-14/h3-5,8-10,12,23H,2,6-7,11H2,1H3,(H2,22,28)(H,24,27). The first-order valence-electron chi connectivity index (χ1n) is 9.13. The molecule has 0 aliphatic carbocycles. The molecule has 152 valence electrons. The molecule has 0 atom stereocenters. The molecule has 0 unspecified atom stereocenters. The monoisotopic (exact) mass is 523 g/mol. The van der Waals surface area contributed by atoms with Crippen LogP contribution in [0.3, 0.4) is 0 Å². The van der Waals surface area contributed by atoms with Crippen LogP contribution in [-0.2, 0) is 4.79 Å². The van der Waals surface area contributed by atoms with Gasteiger partial charge < -0.3 is 16.0 Å². The van der Waals surface area contributed by atoms with Gasteiger partial charge >= 0.3 is 0 Å². The van der Waals surface area contributed by atoms with E-state index in [2.05, 4.69) is 49.7 Å². The first-order valence-corrected chi connectivity index (χ1v) is 11.5. The largest absolute Gasteiger partial charge is 0.364 e. The summed E-state index contributed by atoms with van der Waals surface area (Å²) in [6.45, 7) is 4.16. The van der Waals surface area contributed by atoms with Crippen LogP contribution >= 0.6 is 33.9 Å². The molecular formula is C20H22IN5O2S. The molecule has 0 aliphatic heterocycles. The molecule has 0 bridgehead atoms. The normalized spacial score (nSPS) is 11.0. The summed E-state index contributed by atoms with van der Waals surface area (Å²) in [5.74, 6) is -0.532. The number of nitrogens with zero attached hydrogens (tertiary/aromatic N) is 2. The molecule has 1 aromatic carbocycles. The first-order chi connectivity index (χ1) is 14.0. The zero-order valence-electron chi connectivity index (χ0n) is 15.9. The predicted molar refractivity (Wildman–Crippen MR) is 125 cm³/mol. The van der Waals surface area contributed by atoms with Gasteiger partial charge in [0, 0.05) is 39.4 Å². The maximum absolute atomic E-state index is 12.3. The molecule has 9 heteroatoms. The van der Waals surface area contributed by atoms with Crippen LogP contribution in [0.15, 0.2) is 41.9 Å². The van der Waals surface area contributed by atoms with Crippen LogP contribution in [0.2, 0.25) is 0 Å². The van der Waals surface area contributed by atoms with Crippen molar-refractivity contribution in [3.05, 3.63) is 47.6 Å². The van der Waals surface area contributed by atoms with E-state index in [1.165, 1.54) is 11.3 Å². The molecule has 7 nitrogen and oxygen atoms in total. The summed E-state index contributed by atoms with van der Waals surface area (Å²) < 4.78 is 0.989. The molecule has 29 heavy (non-hydrogen) atoms. The van der Waals surface area contributed by atoms with E-state index in [0.717, 1.165) is 45.0 Å². The van der Waals surface area contributed by atoms with Gasteiger partial charge in [0.2, 0.25) is 5.91 Å². The number of primary amides is 1. The van der Waals surface area contributed by atoms with E-state index in [9.17, 15) is 9.59 Å². The highest BCUT2D eigenvalue weighted by Gasteiger charge is 2.12. The van der Waals surface area contributed by atoms with E-state index >= 15 is 0 Å². The van der Waals surface area contributed by atoms with Gasteiger partial charge in [0.15, 0.2) is 0 Å². The Morgan fingerprint density at radius 3 is 2.83 bits per heavy atom. The quantitative estimate of drug-likeness (QED) is 0.295. The van der Waals surface area contributed by atoms with Crippen LogP contribution in [0.5, 0.6) is 0 Å². The van der Waals surface area contributed by atoms with Gasteiger partial charge in [-0.05, 0) is 24.7 Å².